The smallest absolute Gasteiger partial charge is 0.408 e. The summed E-state index contributed by atoms with van der Waals surface area (Å²) < 4.78 is 6.48. The topological polar surface area (TPSA) is 52.2 Å². The molecule has 0 spiro atoms. The maximum absolute atomic E-state index is 11.8. The molecule has 0 bridgehead atoms. The van der Waals surface area contributed by atoms with Crippen LogP contribution in [0.3, 0.4) is 0 Å². The van der Waals surface area contributed by atoms with Crippen molar-refractivity contribution in [2.45, 2.75) is 26.2 Å². The van der Waals surface area contributed by atoms with Gasteiger partial charge in [-0.3, -0.25) is 9.36 Å². The van der Waals surface area contributed by atoms with E-state index in [0.29, 0.717) is 23.1 Å². The second-order valence-corrected chi connectivity index (χ2v) is 4.14. The van der Waals surface area contributed by atoms with E-state index in [4.69, 9.17) is 4.42 Å². The summed E-state index contributed by atoms with van der Waals surface area (Å²) in [5, 5.41) is 0. The van der Waals surface area contributed by atoms with Crippen LogP contribution < -0.4 is 5.76 Å². The molecule has 1 heterocycles. The fourth-order valence-electron chi connectivity index (χ4n) is 1.79. The van der Waals surface area contributed by atoms with E-state index in [2.05, 4.69) is 0 Å². The van der Waals surface area contributed by atoms with Crippen molar-refractivity contribution < 1.29 is 9.21 Å². The minimum atomic E-state index is -0.404. The number of unbranched alkanes of at least 4 members (excludes halogenated alkanes) is 1. The van der Waals surface area contributed by atoms with E-state index in [9.17, 15) is 9.59 Å². The fourth-order valence-corrected chi connectivity index (χ4v) is 1.79. The van der Waals surface area contributed by atoms with Crippen molar-refractivity contribution >= 4 is 16.9 Å². The van der Waals surface area contributed by atoms with Gasteiger partial charge < -0.3 is 4.42 Å². The number of aromatic nitrogens is 1. The monoisotopic (exact) mass is 233 g/mol. The average molecular weight is 233 g/mol. The van der Waals surface area contributed by atoms with Crippen molar-refractivity contribution in [3.63, 3.8) is 0 Å². The van der Waals surface area contributed by atoms with Crippen molar-refractivity contribution in [3.05, 3.63) is 34.3 Å². The summed E-state index contributed by atoms with van der Waals surface area (Å²) >= 11 is 0. The molecule has 0 radical (unpaired) electrons. The van der Waals surface area contributed by atoms with Crippen molar-refractivity contribution in [2.75, 3.05) is 0 Å². The summed E-state index contributed by atoms with van der Waals surface area (Å²) in [4.78, 5) is 23.1. The number of rotatable bonds is 4. The SMILES string of the molecule is CCCCC(=O)c1ccc2c(c1)oc(=O)n2C. The highest BCUT2D eigenvalue weighted by Crippen LogP contribution is 2.16. The van der Waals surface area contributed by atoms with Gasteiger partial charge in [0.15, 0.2) is 11.4 Å². The van der Waals surface area contributed by atoms with Gasteiger partial charge >= 0.3 is 5.76 Å². The third-order valence-corrected chi connectivity index (χ3v) is 2.87. The lowest BCUT2D eigenvalue weighted by Crippen LogP contribution is -2.08. The predicted molar refractivity (Wildman–Crippen MR) is 65.3 cm³/mol. The van der Waals surface area contributed by atoms with Gasteiger partial charge in [-0.15, -0.1) is 0 Å². The Morgan fingerprint density at radius 1 is 1.41 bits per heavy atom. The molecule has 0 saturated carbocycles. The summed E-state index contributed by atoms with van der Waals surface area (Å²) in [5.41, 5.74) is 1.79. The Bertz CT molecular complexity index is 607. The molecule has 0 saturated heterocycles. The molecule has 0 aliphatic rings. The van der Waals surface area contributed by atoms with Crippen LogP contribution in [0.1, 0.15) is 36.5 Å². The molecule has 90 valence electrons. The van der Waals surface area contributed by atoms with Gasteiger partial charge in [-0.1, -0.05) is 13.3 Å². The third kappa shape index (κ3) is 2.16. The minimum Gasteiger partial charge on any atom is -0.408 e. The zero-order chi connectivity index (χ0) is 12.4. The second-order valence-electron chi connectivity index (χ2n) is 4.14. The lowest BCUT2D eigenvalue weighted by molar-refractivity contribution is 0.0980. The lowest BCUT2D eigenvalue weighted by Gasteiger charge is -1.99. The Kier molecular flexibility index (Phi) is 3.13. The molecule has 0 amide bonds. The Morgan fingerprint density at radius 3 is 2.88 bits per heavy atom. The predicted octanol–water partition coefficient (Wildman–Crippen LogP) is 2.50. The van der Waals surface area contributed by atoms with Gasteiger partial charge in [0.1, 0.15) is 0 Å². The van der Waals surface area contributed by atoms with Gasteiger partial charge in [0.05, 0.1) is 5.52 Å². The van der Waals surface area contributed by atoms with Crippen LogP contribution in [-0.4, -0.2) is 10.4 Å². The van der Waals surface area contributed by atoms with E-state index in [0.717, 1.165) is 12.8 Å². The molecule has 1 aromatic heterocycles. The second kappa shape index (κ2) is 4.57. The van der Waals surface area contributed by atoms with Crippen LogP contribution in [0, 0.1) is 0 Å². The van der Waals surface area contributed by atoms with Crippen LogP contribution in [0.5, 0.6) is 0 Å². The summed E-state index contributed by atoms with van der Waals surface area (Å²) in [7, 11) is 1.65. The first-order valence-corrected chi connectivity index (χ1v) is 5.76. The number of hydrogen-bond acceptors (Lipinski definition) is 3. The number of Topliss-reactive ketones (excluding diaryl/α,β-unsaturated/α-hetero) is 1. The Labute approximate surface area is 98.8 Å². The highest BCUT2D eigenvalue weighted by molar-refractivity contribution is 5.98. The fraction of sp³-hybridized carbons (Fsp3) is 0.385. The number of aryl methyl sites for hydroxylation is 1. The summed E-state index contributed by atoms with van der Waals surface area (Å²) in [6, 6.07) is 5.14. The maximum atomic E-state index is 11.8. The van der Waals surface area contributed by atoms with Gasteiger partial charge in [-0.25, -0.2) is 4.79 Å². The molecule has 0 aliphatic heterocycles. The lowest BCUT2D eigenvalue weighted by atomic mass is 10.1. The number of carbonyl (C=O) groups is 1. The Morgan fingerprint density at radius 2 is 2.18 bits per heavy atom. The summed E-state index contributed by atoms with van der Waals surface area (Å²) in [6.45, 7) is 2.05. The number of oxazole rings is 1. The van der Waals surface area contributed by atoms with Crippen LogP contribution in [0.4, 0.5) is 0 Å². The number of carbonyl (C=O) groups excluding carboxylic acids is 1. The van der Waals surface area contributed by atoms with Crippen LogP contribution >= 0.6 is 0 Å². The first-order valence-electron chi connectivity index (χ1n) is 5.76. The molecule has 0 fully saturated rings. The third-order valence-electron chi connectivity index (χ3n) is 2.87. The maximum Gasteiger partial charge on any atom is 0.419 e. The molecule has 2 aromatic rings. The van der Waals surface area contributed by atoms with Crippen molar-refractivity contribution in [1.29, 1.82) is 0 Å². The zero-order valence-corrected chi connectivity index (χ0v) is 10.0. The van der Waals surface area contributed by atoms with E-state index in [1.165, 1.54) is 4.57 Å². The Hall–Kier alpha value is -1.84. The first kappa shape index (κ1) is 11.6. The standard InChI is InChI=1S/C13H15NO3/c1-3-4-5-11(15)9-6-7-10-12(8-9)17-13(16)14(10)2/h6-8H,3-5H2,1-2H3. The molecule has 0 unspecified atom stereocenters. The van der Waals surface area contributed by atoms with E-state index in [1.54, 1.807) is 25.2 Å². The molecule has 0 atom stereocenters. The van der Waals surface area contributed by atoms with Crippen LogP contribution in [0.2, 0.25) is 0 Å². The normalized spacial score (nSPS) is 10.9. The van der Waals surface area contributed by atoms with Gasteiger partial charge in [0, 0.05) is 19.0 Å². The zero-order valence-electron chi connectivity index (χ0n) is 10.0. The van der Waals surface area contributed by atoms with Gasteiger partial charge in [-0.05, 0) is 24.6 Å². The number of fused-ring (bicyclic) bond motifs is 1. The van der Waals surface area contributed by atoms with E-state index in [1.807, 2.05) is 6.92 Å². The molecule has 17 heavy (non-hydrogen) atoms. The van der Waals surface area contributed by atoms with Gasteiger partial charge in [-0.2, -0.15) is 0 Å². The van der Waals surface area contributed by atoms with Crippen molar-refractivity contribution in [1.82, 2.24) is 4.57 Å². The molecule has 1 aromatic carbocycles. The summed E-state index contributed by atoms with van der Waals surface area (Å²) in [6.07, 6.45) is 2.42. The van der Waals surface area contributed by atoms with Crippen LogP contribution in [0.25, 0.3) is 11.1 Å². The number of benzene rings is 1. The quantitative estimate of drug-likeness (QED) is 0.762. The number of hydrogen-bond donors (Lipinski definition) is 0. The molecule has 0 N–H and O–H groups in total. The van der Waals surface area contributed by atoms with E-state index in [-0.39, 0.29) is 5.78 Å². The molecule has 4 heteroatoms. The molecule has 0 aliphatic carbocycles. The number of ketones is 1. The largest absolute Gasteiger partial charge is 0.419 e. The van der Waals surface area contributed by atoms with Gasteiger partial charge in [0.2, 0.25) is 0 Å². The van der Waals surface area contributed by atoms with Gasteiger partial charge in [0.25, 0.3) is 0 Å². The van der Waals surface area contributed by atoms with E-state index >= 15 is 0 Å². The highest BCUT2D eigenvalue weighted by atomic mass is 16.4. The summed E-state index contributed by atoms with van der Waals surface area (Å²) in [5.74, 6) is -0.307. The molecular formula is C13H15NO3. The van der Waals surface area contributed by atoms with Crippen LogP contribution in [-0.2, 0) is 7.05 Å². The highest BCUT2D eigenvalue weighted by Gasteiger charge is 2.10. The minimum absolute atomic E-state index is 0.0975. The molecular weight excluding hydrogens is 218 g/mol. The average Bonchev–Trinajstić information content (AvgIpc) is 2.61. The van der Waals surface area contributed by atoms with Crippen molar-refractivity contribution in [3.8, 4) is 0 Å². The molecule has 4 nitrogen and oxygen atoms in total. The first-order chi connectivity index (χ1) is 8.13. The number of nitrogens with zero attached hydrogens (tertiary/aromatic N) is 1. The Balaban J connectivity index is 2.38. The van der Waals surface area contributed by atoms with E-state index < -0.39 is 5.76 Å². The molecule has 2 rings (SSSR count). The van der Waals surface area contributed by atoms with Crippen LogP contribution in [0.15, 0.2) is 27.4 Å². The van der Waals surface area contributed by atoms with Crippen molar-refractivity contribution in [2.24, 2.45) is 7.05 Å².